The minimum atomic E-state index is 0.0947. The number of nitrogens with zero attached hydrogens (tertiary/aromatic N) is 6. The fourth-order valence-electron chi connectivity index (χ4n) is 8.88. The highest BCUT2D eigenvalue weighted by molar-refractivity contribution is 6.10. The molecule has 8 aromatic carbocycles. The van der Waals surface area contributed by atoms with Gasteiger partial charge in [-0.2, -0.15) is 9.97 Å². The monoisotopic (exact) mass is 846 g/mol. The van der Waals surface area contributed by atoms with Gasteiger partial charge in [0.15, 0.2) is 0 Å². The van der Waals surface area contributed by atoms with Crippen LogP contribution in [0.2, 0.25) is 0 Å². The van der Waals surface area contributed by atoms with Crippen LogP contribution in [0, 0.1) is 41.5 Å². The lowest BCUT2D eigenvalue weighted by atomic mass is 10.1. The lowest BCUT2D eigenvalue weighted by molar-refractivity contribution is 0.398. The van der Waals surface area contributed by atoms with Crippen LogP contribution in [0.1, 0.15) is 33.4 Å². The summed E-state index contributed by atoms with van der Waals surface area (Å²) in [5, 5.41) is 4.92. The van der Waals surface area contributed by atoms with E-state index in [1.165, 1.54) is 43.8 Å². The molecule has 11 aromatic rings. The van der Waals surface area contributed by atoms with E-state index in [-0.39, 0.29) is 12.0 Å². The quantitative estimate of drug-likeness (QED) is 0.144. The third kappa shape index (κ3) is 7.38. The molecule has 0 fully saturated rings. The Morgan fingerprint density at radius 1 is 0.338 bits per heavy atom. The molecule has 8 nitrogen and oxygen atoms in total. The van der Waals surface area contributed by atoms with Crippen molar-refractivity contribution in [3.8, 4) is 34.9 Å². The van der Waals surface area contributed by atoms with Crippen molar-refractivity contribution in [1.82, 2.24) is 24.1 Å². The van der Waals surface area contributed by atoms with Gasteiger partial charge in [-0.05, 0) is 163 Å². The molecule has 8 heteroatoms. The number of fused-ring (bicyclic) bond motifs is 6. The van der Waals surface area contributed by atoms with Crippen LogP contribution >= 0.6 is 0 Å². The molecule has 0 atom stereocenters. The summed E-state index contributed by atoms with van der Waals surface area (Å²) in [4.78, 5) is 16.6. The van der Waals surface area contributed by atoms with E-state index in [9.17, 15) is 0 Å². The molecule has 3 aromatic heterocycles. The van der Waals surface area contributed by atoms with Crippen LogP contribution in [-0.4, -0.2) is 24.1 Å². The van der Waals surface area contributed by atoms with Crippen molar-refractivity contribution in [2.24, 2.45) is 0 Å². The summed E-state index contributed by atoms with van der Waals surface area (Å²) >= 11 is 0. The number of hydrogen-bond acceptors (Lipinski definition) is 6. The Morgan fingerprint density at radius 2 is 0.646 bits per heavy atom. The van der Waals surface area contributed by atoms with E-state index in [1.54, 1.807) is 0 Å². The highest BCUT2D eigenvalue weighted by Crippen LogP contribution is 2.38. The topological polar surface area (TPSA) is 70.2 Å². The summed E-state index contributed by atoms with van der Waals surface area (Å²) in [6.45, 7) is 12.7. The molecular weight excluding hydrogens is 801 g/mol. The molecule has 0 N–H and O–H groups in total. The van der Waals surface area contributed by atoms with Crippen LogP contribution < -0.4 is 14.4 Å². The first-order valence-corrected chi connectivity index (χ1v) is 21.9. The predicted octanol–water partition coefficient (Wildman–Crippen LogP) is 15.0. The highest BCUT2D eigenvalue weighted by atomic mass is 16.5. The van der Waals surface area contributed by atoms with Crippen molar-refractivity contribution in [2.75, 3.05) is 4.90 Å². The molecule has 65 heavy (non-hydrogen) atoms. The van der Waals surface area contributed by atoms with E-state index in [2.05, 4.69) is 196 Å². The van der Waals surface area contributed by atoms with Gasteiger partial charge < -0.3 is 18.6 Å². The van der Waals surface area contributed by atoms with E-state index in [0.717, 1.165) is 55.9 Å². The summed E-state index contributed by atoms with van der Waals surface area (Å²) in [6.07, 6.45) is 0. The van der Waals surface area contributed by atoms with E-state index in [0.29, 0.717) is 17.4 Å². The number of aryl methyl sites for hydroxylation is 6. The lowest BCUT2D eigenvalue weighted by Gasteiger charge is -2.24. The summed E-state index contributed by atoms with van der Waals surface area (Å²) < 4.78 is 17.6. The van der Waals surface area contributed by atoms with Gasteiger partial charge in [-0.1, -0.05) is 81.9 Å². The summed E-state index contributed by atoms with van der Waals surface area (Å²) in [7, 11) is 0. The van der Waals surface area contributed by atoms with Crippen molar-refractivity contribution in [1.29, 1.82) is 0 Å². The van der Waals surface area contributed by atoms with Gasteiger partial charge in [0, 0.05) is 44.3 Å². The maximum atomic E-state index is 6.52. The SMILES string of the molecule is Cc1ccc(N(c2ccc(C)cc2)c2nc(Oc3ccc(-n4c5ccc(C)cc5c5cc(C)ccc54)cc3)nc(Oc3ccc(-n4c5ccc(C)cc5c5cc(C)ccc54)cc3)n2)cc1. The van der Waals surface area contributed by atoms with E-state index in [1.807, 2.05) is 29.2 Å². The van der Waals surface area contributed by atoms with Gasteiger partial charge in [0.2, 0.25) is 5.95 Å². The number of rotatable bonds is 9. The number of hydrogen-bond donors (Lipinski definition) is 0. The number of benzene rings is 8. The fourth-order valence-corrected chi connectivity index (χ4v) is 8.88. The van der Waals surface area contributed by atoms with Crippen LogP contribution in [0.25, 0.3) is 55.0 Å². The van der Waals surface area contributed by atoms with Crippen LogP contribution in [0.15, 0.2) is 170 Å². The van der Waals surface area contributed by atoms with E-state index < -0.39 is 0 Å². The fraction of sp³-hybridized carbons (Fsp3) is 0.105. The second-order valence-corrected chi connectivity index (χ2v) is 17.2. The van der Waals surface area contributed by atoms with Crippen molar-refractivity contribution < 1.29 is 9.47 Å². The molecule has 11 rings (SSSR count). The maximum absolute atomic E-state index is 6.52. The molecule has 0 saturated heterocycles. The van der Waals surface area contributed by atoms with E-state index >= 15 is 0 Å². The normalized spacial score (nSPS) is 11.5. The molecule has 316 valence electrons. The first kappa shape index (κ1) is 39.6. The maximum Gasteiger partial charge on any atom is 0.330 e. The van der Waals surface area contributed by atoms with Gasteiger partial charge in [0.05, 0.1) is 22.1 Å². The lowest BCUT2D eigenvalue weighted by Crippen LogP contribution is -2.15. The average molecular weight is 847 g/mol. The third-order valence-electron chi connectivity index (χ3n) is 12.1. The van der Waals surface area contributed by atoms with Crippen molar-refractivity contribution >= 4 is 60.9 Å². The largest absolute Gasteiger partial charge is 0.424 e. The van der Waals surface area contributed by atoms with Crippen LogP contribution in [-0.2, 0) is 0 Å². The Kier molecular flexibility index (Phi) is 9.65. The van der Waals surface area contributed by atoms with Gasteiger partial charge in [0.1, 0.15) is 11.5 Å². The molecule has 0 aliphatic rings. The predicted molar refractivity (Wildman–Crippen MR) is 265 cm³/mol. The molecule has 0 aliphatic heterocycles. The first-order chi connectivity index (χ1) is 31.6. The molecule has 0 bridgehead atoms. The second-order valence-electron chi connectivity index (χ2n) is 17.2. The van der Waals surface area contributed by atoms with Crippen molar-refractivity contribution in [3.05, 3.63) is 203 Å². The van der Waals surface area contributed by atoms with Gasteiger partial charge >= 0.3 is 12.0 Å². The molecule has 0 amide bonds. The molecule has 0 radical (unpaired) electrons. The summed E-state index contributed by atoms with van der Waals surface area (Å²) in [5.74, 6) is 1.49. The molecule has 0 unspecified atom stereocenters. The third-order valence-corrected chi connectivity index (χ3v) is 12.1. The minimum Gasteiger partial charge on any atom is -0.424 e. The Morgan fingerprint density at radius 3 is 0.969 bits per heavy atom. The van der Waals surface area contributed by atoms with Crippen molar-refractivity contribution in [3.63, 3.8) is 0 Å². The zero-order chi connectivity index (χ0) is 44.3. The Balaban J connectivity index is 0.978. The summed E-state index contributed by atoms with van der Waals surface area (Å²) in [5.41, 5.74) is 15.6. The zero-order valence-corrected chi connectivity index (χ0v) is 37.2. The standard InChI is InChI=1S/C57H46N6O2/c1-35-7-15-41(16-8-35)61(42-17-9-36(2)10-18-42)55-58-56(64-45-23-19-43(20-24-45)62-51-27-11-37(3)31-47(51)48-32-38(4)12-28-52(48)62)60-57(59-55)65-46-25-21-44(22-26-46)63-53-29-13-39(5)33-49(53)50-34-40(6)14-30-54(50)63/h7-34H,1-6H3. The number of aromatic nitrogens is 5. The molecule has 0 saturated carbocycles. The van der Waals surface area contributed by atoms with Gasteiger partial charge in [0.25, 0.3) is 0 Å². The van der Waals surface area contributed by atoms with Crippen LogP contribution in [0.4, 0.5) is 17.3 Å². The minimum absolute atomic E-state index is 0.0947. The van der Waals surface area contributed by atoms with Gasteiger partial charge in [-0.25, -0.2) is 0 Å². The number of ether oxygens (including phenoxy) is 2. The Bertz CT molecular complexity index is 3240. The first-order valence-electron chi connectivity index (χ1n) is 21.9. The Labute approximate surface area is 377 Å². The van der Waals surface area contributed by atoms with Gasteiger partial charge in [-0.15, -0.1) is 4.98 Å². The average Bonchev–Trinajstić information content (AvgIpc) is 3.79. The Hall–Kier alpha value is -8.23. The smallest absolute Gasteiger partial charge is 0.330 e. The van der Waals surface area contributed by atoms with Crippen LogP contribution in [0.5, 0.6) is 23.5 Å². The number of anilines is 3. The summed E-state index contributed by atoms with van der Waals surface area (Å²) in [6, 6.07) is 59.3. The zero-order valence-electron chi connectivity index (χ0n) is 37.2. The molecule has 3 heterocycles. The molecule has 0 spiro atoms. The van der Waals surface area contributed by atoms with Gasteiger partial charge in [-0.3, -0.25) is 4.90 Å². The van der Waals surface area contributed by atoms with Crippen LogP contribution in [0.3, 0.4) is 0 Å². The molecular formula is C57H46N6O2. The second kappa shape index (κ2) is 15.8. The van der Waals surface area contributed by atoms with E-state index in [4.69, 9.17) is 24.4 Å². The molecule has 0 aliphatic carbocycles. The van der Waals surface area contributed by atoms with Crippen molar-refractivity contribution in [2.45, 2.75) is 41.5 Å². The highest BCUT2D eigenvalue weighted by Gasteiger charge is 2.21.